The molecule has 0 unspecified atom stereocenters. The molecule has 0 saturated carbocycles. The third-order valence-electron chi connectivity index (χ3n) is 1.49. The largest absolute Gasteiger partial charge is 0.122 e. The normalized spacial score (nSPS) is 10.7. The lowest BCUT2D eigenvalue weighted by atomic mass is 10.1. The summed E-state index contributed by atoms with van der Waals surface area (Å²) in [6, 6.07) is 8.22. The fourth-order valence-electron chi connectivity index (χ4n) is 0.910. The molecule has 0 saturated heterocycles. The minimum atomic E-state index is 0.593. The summed E-state index contributed by atoms with van der Waals surface area (Å²) in [6.07, 6.45) is 4.09. The molecule has 0 aliphatic rings. The molecule has 0 atom stereocenters. The average Bonchev–Trinajstić information content (AvgIpc) is 2.07. The van der Waals surface area contributed by atoms with Crippen molar-refractivity contribution in [1.82, 2.24) is 0 Å². The summed E-state index contributed by atoms with van der Waals surface area (Å²) in [7, 11) is 0. The molecule has 58 valence electrons. The third kappa shape index (κ3) is 2.39. The zero-order chi connectivity index (χ0) is 8.10. The van der Waals surface area contributed by atoms with Crippen LogP contribution in [-0.4, -0.2) is 0 Å². The molecule has 1 aromatic rings. The summed E-state index contributed by atoms with van der Waals surface area (Å²) in [6.45, 7) is 2.01. The summed E-state index contributed by atoms with van der Waals surface area (Å²) in [4.78, 5) is 0. The summed E-state index contributed by atoms with van der Waals surface area (Å²) in [5.74, 6) is 0.593. The van der Waals surface area contributed by atoms with Crippen LogP contribution in [0.4, 0.5) is 0 Å². The molecule has 0 aliphatic carbocycles. The Bertz CT molecular complexity index is 234. The molecule has 1 heteroatoms. The molecule has 11 heavy (non-hydrogen) atoms. The summed E-state index contributed by atoms with van der Waals surface area (Å²) in [5.41, 5.74) is 2.39. The quantitative estimate of drug-likeness (QED) is 0.591. The zero-order valence-corrected chi connectivity index (χ0v) is 7.31. The van der Waals surface area contributed by atoms with Gasteiger partial charge in [-0.05, 0) is 18.1 Å². The summed E-state index contributed by atoms with van der Waals surface area (Å²) < 4.78 is 0. The molecule has 0 amide bonds. The molecular formula is C10H11Cl. The van der Waals surface area contributed by atoms with E-state index in [1.54, 1.807) is 0 Å². The van der Waals surface area contributed by atoms with Crippen LogP contribution < -0.4 is 0 Å². The van der Waals surface area contributed by atoms with Gasteiger partial charge in [-0.3, -0.25) is 0 Å². The zero-order valence-electron chi connectivity index (χ0n) is 6.55. The van der Waals surface area contributed by atoms with Crippen molar-refractivity contribution < 1.29 is 0 Å². The molecule has 1 aromatic carbocycles. The number of hydrogen-bond donors (Lipinski definition) is 0. The lowest BCUT2D eigenvalue weighted by molar-refractivity contribution is 1.40. The van der Waals surface area contributed by atoms with Gasteiger partial charge in [-0.15, -0.1) is 11.6 Å². The van der Waals surface area contributed by atoms with Crippen LogP contribution in [0.3, 0.4) is 0 Å². The van der Waals surface area contributed by atoms with E-state index in [-0.39, 0.29) is 0 Å². The van der Waals surface area contributed by atoms with E-state index < -0.39 is 0 Å². The Labute approximate surface area is 72.5 Å². The molecular weight excluding hydrogens is 156 g/mol. The maximum atomic E-state index is 5.64. The van der Waals surface area contributed by atoms with Crippen LogP contribution in [0, 0.1) is 0 Å². The summed E-state index contributed by atoms with van der Waals surface area (Å²) >= 11 is 5.64. The van der Waals surface area contributed by atoms with Crippen LogP contribution in [0.2, 0.25) is 0 Å². The maximum absolute atomic E-state index is 5.64. The van der Waals surface area contributed by atoms with Gasteiger partial charge in [0.2, 0.25) is 0 Å². The van der Waals surface area contributed by atoms with Gasteiger partial charge in [-0.1, -0.05) is 36.4 Å². The molecule has 0 nitrogen and oxygen atoms in total. The Morgan fingerprint density at radius 3 is 2.36 bits per heavy atom. The highest BCUT2D eigenvalue weighted by Crippen LogP contribution is 2.07. The molecule has 0 N–H and O–H groups in total. The second-order valence-corrected chi connectivity index (χ2v) is 2.64. The van der Waals surface area contributed by atoms with Crippen LogP contribution in [0.1, 0.15) is 18.1 Å². The molecule has 1 rings (SSSR count). The third-order valence-corrected chi connectivity index (χ3v) is 1.80. The first-order valence-corrected chi connectivity index (χ1v) is 4.18. The van der Waals surface area contributed by atoms with E-state index in [0.29, 0.717) is 5.88 Å². The highest BCUT2D eigenvalue weighted by molar-refractivity contribution is 6.17. The van der Waals surface area contributed by atoms with Crippen molar-refractivity contribution in [3.8, 4) is 0 Å². The van der Waals surface area contributed by atoms with E-state index in [4.69, 9.17) is 11.6 Å². The number of alkyl halides is 1. The smallest absolute Gasteiger partial charge is 0.0474 e. The van der Waals surface area contributed by atoms with Gasteiger partial charge < -0.3 is 0 Å². The first-order chi connectivity index (χ1) is 5.36. The van der Waals surface area contributed by atoms with E-state index in [0.717, 1.165) is 0 Å². The molecule has 0 aromatic heterocycles. The van der Waals surface area contributed by atoms with E-state index in [1.807, 2.05) is 25.1 Å². The number of halogens is 1. The Balaban J connectivity index is 2.82. The number of allylic oxidation sites excluding steroid dienone is 1. The predicted molar refractivity (Wildman–Crippen MR) is 50.7 cm³/mol. The Hall–Kier alpha value is -0.750. The monoisotopic (exact) mass is 166 g/mol. The lowest BCUT2D eigenvalue weighted by Crippen LogP contribution is -1.76. The van der Waals surface area contributed by atoms with Crippen molar-refractivity contribution in [3.63, 3.8) is 0 Å². The molecule has 0 radical (unpaired) electrons. The highest BCUT2D eigenvalue weighted by Gasteiger charge is 1.88. The topological polar surface area (TPSA) is 0 Å². The van der Waals surface area contributed by atoms with Crippen molar-refractivity contribution in [1.29, 1.82) is 0 Å². The van der Waals surface area contributed by atoms with E-state index in [1.165, 1.54) is 11.1 Å². The molecule has 0 fully saturated rings. The van der Waals surface area contributed by atoms with Crippen LogP contribution in [0.25, 0.3) is 6.08 Å². The Morgan fingerprint density at radius 1 is 1.27 bits per heavy atom. The lowest BCUT2D eigenvalue weighted by Gasteiger charge is -1.95. The van der Waals surface area contributed by atoms with Gasteiger partial charge in [0.25, 0.3) is 0 Å². The van der Waals surface area contributed by atoms with Crippen molar-refractivity contribution >= 4 is 17.7 Å². The summed E-state index contributed by atoms with van der Waals surface area (Å²) in [5, 5.41) is 0. The van der Waals surface area contributed by atoms with Gasteiger partial charge in [0.05, 0.1) is 0 Å². The minimum Gasteiger partial charge on any atom is -0.122 e. The van der Waals surface area contributed by atoms with Crippen LogP contribution >= 0.6 is 11.6 Å². The standard InChI is InChI=1S/C10H11Cl/c1-2-3-9-4-6-10(8-11)7-5-9/h2-7H,8H2,1H3. The van der Waals surface area contributed by atoms with Crippen molar-refractivity contribution in [2.45, 2.75) is 12.8 Å². The van der Waals surface area contributed by atoms with Crippen LogP contribution in [0.5, 0.6) is 0 Å². The average molecular weight is 167 g/mol. The van der Waals surface area contributed by atoms with E-state index in [2.05, 4.69) is 18.2 Å². The van der Waals surface area contributed by atoms with Crippen molar-refractivity contribution in [2.75, 3.05) is 0 Å². The SMILES string of the molecule is CC=Cc1ccc(CCl)cc1. The Morgan fingerprint density at radius 2 is 1.91 bits per heavy atom. The highest BCUT2D eigenvalue weighted by atomic mass is 35.5. The molecule has 0 spiro atoms. The molecule has 0 aliphatic heterocycles. The Kier molecular flexibility index (Phi) is 3.18. The number of hydrogen-bond acceptors (Lipinski definition) is 0. The van der Waals surface area contributed by atoms with Gasteiger partial charge in [-0.2, -0.15) is 0 Å². The van der Waals surface area contributed by atoms with Crippen LogP contribution in [0.15, 0.2) is 30.3 Å². The van der Waals surface area contributed by atoms with Gasteiger partial charge >= 0.3 is 0 Å². The van der Waals surface area contributed by atoms with E-state index in [9.17, 15) is 0 Å². The number of benzene rings is 1. The van der Waals surface area contributed by atoms with Crippen molar-refractivity contribution in [2.24, 2.45) is 0 Å². The minimum absolute atomic E-state index is 0.593. The maximum Gasteiger partial charge on any atom is 0.0474 e. The molecule has 0 heterocycles. The van der Waals surface area contributed by atoms with Gasteiger partial charge in [0.1, 0.15) is 0 Å². The van der Waals surface area contributed by atoms with Crippen LogP contribution in [-0.2, 0) is 5.88 Å². The first kappa shape index (κ1) is 8.35. The van der Waals surface area contributed by atoms with Gasteiger partial charge in [0, 0.05) is 5.88 Å². The number of rotatable bonds is 2. The van der Waals surface area contributed by atoms with Gasteiger partial charge in [-0.25, -0.2) is 0 Å². The fraction of sp³-hybridized carbons (Fsp3) is 0.200. The van der Waals surface area contributed by atoms with Gasteiger partial charge in [0.15, 0.2) is 0 Å². The van der Waals surface area contributed by atoms with E-state index >= 15 is 0 Å². The van der Waals surface area contributed by atoms with Crippen molar-refractivity contribution in [3.05, 3.63) is 41.5 Å². The second-order valence-electron chi connectivity index (χ2n) is 2.38. The fourth-order valence-corrected chi connectivity index (χ4v) is 1.09. The predicted octanol–water partition coefficient (Wildman–Crippen LogP) is 3.46. The molecule has 0 bridgehead atoms. The second kappa shape index (κ2) is 4.20. The first-order valence-electron chi connectivity index (χ1n) is 3.64.